The van der Waals surface area contributed by atoms with Crippen LogP contribution in [0.2, 0.25) is 0 Å². The van der Waals surface area contributed by atoms with Gasteiger partial charge in [-0.15, -0.1) is 0 Å². The van der Waals surface area contributed by atoms with Gasteiger partial charge in [0.05, 0.1) is 39.1 Å². The number of aromatic nitrogens is 2. The molecule has 4 aromatic rings. The number of ether oxygens (including phenoxy) is 3. The zero-order valence-electron chi connectivity index (χ0n) is 40.1. The number of phenols is 1. The Morgan fingerprint density at radius 3 is 2.56 bits per heavy atom. The number of aryl methyl sites for hydroxylation is 1. The maximum atomic E-state index is 14.7. The Balaban J connectivity index is 1.26. The second-order valence-corrected chi connectivity index (χ2v) is 18.8. The lowest BCUT2D eigenvalue weighted by molar-refractivity contribution is -0.155. The van der Waals surface area contributed by atoms with Crippen LogP contribution in [0.1, 0.15) is 57.2 Å². The van der Waals surface area contributed by atoms with Crippen LogP contribution in [0.25, 0.3) is 33.3 Å². The van der Waals surface area contributed by atoms with Crippen molar-refractivity contribution in [3.05, 3.63) is 83.7 Å². The van der Waals surface area contributed by atoms with Gasteiger partial charge in [-0.3, -0.25) is 38.9 Å². The lowest BCUT2D eigenvalue weighted by Gasteiger charge is -2.36. The number of cyclic esters (lactones) is 1. The van der Waals surface area contributed by atoms with Gasteiger partial charge in [0.25, 0.3) is 5.91 Å². The van der Waals surface area contributed by atoms with E-state index in [1.807, 2.05) is 24.4 Å². The Kier molecular flexibility index (Phi) is 14.6. The number of nitrogens with zero attached hydrogens (tertiary/aromatic N) is 6. The molecule has 3 aliphatic rings. The highest BCUT2D eigenvalue weighted by Gasteiger charge is 2.47. The van der Waals surface area contributed by atoms with Crippen molar-refractivity contribution in [1.29, 1.82) is 0 Å². The first-order chi connectivity index (χ1) is 32.4. The highest BCUT2D eigenvalue weighted by molar-refractivity contribution is 5.97. The number of amides is 5. The van der Waals surface area contributed by atoms with Gasteiger partial charge in [-0.05, 0) is 96.8 Å². The van der Waals surface area contributed by atoms with Crippen molar-refractivity contribution >= 4 is 46.6 Å². The smallest absolute Gasteiger partial charge is 0.410 e. The monoisotopic (exact) mass is 934 g/mol. The molecular formula is C50H62N8O10. The summed E-state index contributed by atoms with van der Waals surface area (Å²) in [5.41, 5.74) is 9.69. The van der Waals surface area contributed by atoms with E-state index in [2.05, 4.69) is 59.8 Å². The molecule has 4 atom stereocenters. The van der Waals surface area contributed by atoms with Gasteiger partial charge >= 0.3 is 12.1 Å². The number of hydrazine groups is 1. The number of carbonyl (C=O) groups is 6. The maximum absolute atomic E-state index is 14.7. The van der Waals surface area contributed by atoms with Crippen LogP contribution in [0.3, 0.4) is 0 Å². The second kappa shape index (κ2) is 20.2. The first-order valence-corrected chi connectivity index (χ1v) is 22.8. The molecule has 5 amide bonds. The lowest BCUT2D eigenvalue weighted by Crippen LogP contribution is -2.62. The number of phenolic OH excluding ortho intramolecular Hbond substituents is 1. The predicted molar refractivity (Wildman–Crippen MR) is 253 cm³/mol. The first-order valence-electron chi connectivity index (χ1n) is 22.8. The summed E-state index contributed by atoms with van der Waals surface area (Å²) in [4.78, 5) is 89.7. The van der Waals surface area contributed by atoms with Gasteiger partial charge in [0.2, 0.25) is 17.7 Å². The molecule has 18 nitrogen and oxygen atoms in total. The van der Waals surface area contributed by atoms with E-state index in [0.29, 0.717) is 43.5 Å². The van der Waals surface area contributed by atoms with Crippen molar-refractivity contribution in [3.8, 4) is 28.1 Å². The minimum absolute atomic E-state index is 0.0547. The van der Waals surface area contributed by atoms with Gasteiger partial charge in [0.1, 0.15) is 29.9 Å². The van der Waals surface area contributed by atoms with Crippen molar-refractivity contribution < 1.29 is 48.1 Å². The van der Waals surface area contributed by atoms with Gasteiger partial charge in [-0.2, -0.15) is 0 Å². The summed E-state index contributed by atoms with van der Waals surface area (Å²) in [7, 11) is 5.70. The Hall–Kier alpha value is -6.79. The molecule has 0 aliphatic carbocycles. The minimum Gasteiger partial charge on any atom is -0.508 e. The summed E-state index contributed by atoms with van der Waals surface area (Å²) >= 11 is 0. The van der Waals surface area contributed by atoms with Crippen molar-refractivity contribution in [3.63, 3.8) is 0 Å². The van der Waals surface area contributed by atoms with E-state index in [1.165, 1.54) is 42.1 Å². The largest absolute Gasteiger partial charge is 0.508 e. The van der Waals surface area contributed by atoms with E-state index >= 15 is 0 Å². The molecule has 0 unspecified atom stereocenters. The third-order valence-corrected chi connectivity index (χ3v) is 12.9. The highest BCUT2D eigenvalue weighted by atomic mass is 16.5. The lowest BCUT2D eigenvalue weighted by atomic mass is 9.84. The summed E-state index contributed by atoms with van der Waals surface area (Å²) in [6.07, 6.45) is 4.26. The number of likely N-dealkylation sites (N-methyl/N-ethyl adjacent to an activating group) is 2. The van der Waals surface area contributed by atoms with Crippen molar-refractivity contribution in [2.45, 2.75) is 90.7 Å². The van der Waals surface area contributed by atoms with Crippen LogP contribution in [-0.4, -0.2) is 149 Å². The number of fused-ring (bicyclic) bond motifs is 6. The van der Waals surface area contributed by atoms with Crippen molar-refractivity contribution in [1.82, 2.24) is 40.0 Å². The molecule has 5 heterocycles. The number of benzene rings is 2. The van der Waals surface area contributed by atoms with Gasteiger partial charge in [-0.1, -0.05) is 32.6 Å². The molecule has 2 saturated heterocycles. The second-order valence-electron chi connectivity index (χ2n) is 18.8. The average molecular weight is 935 g/mol. The molecule has 3 aliphatic heterocycles. The van der Waals surface area contributed by atoms with Crippen LogP contribution in [0, 0.1) is 5.41 Å². The van der Waals surface area contributed by atoms with E-state index < -0.39 is 71.8 Å². The van der Waals surface area contributed by atoms with Crippen molar-refractivity contribution in [2.24, 2.45) is 5.41 Å². The maximum Gasteiger partial charge on any atom is 0.410 e. The Labute approximate surface area is 396 Å². The van der Waals surface area contributed by atoms with Crippen LogP contribution in [0.4, 0.5) is 4.79 Å². The molecule has 0 saturated carbocycles. The van der Waals surface area contributed by atoms with E-state index in [0.717, 1.165) is 43.8 Å². The molecule has 7 rings (SSSR count). The first kappa shape index (κ1) is 49.1. The van der Waals surface area contributed by atoms with Gasteiger partial charge in [0.15, 0.2) is 0 Å². The molecular weight excluding hydrogens is 873 g/mol. The molecule has 6 bridgehead atoms. The molecule has 18 heteroatoms. The number of aromatic hydroxyl groups is 1. The number of esters is 1. The summed E-state index contributed by atoms with van der Waals surface area (Å²) in [6.45, 7) is 12.8. The Morgan fingerprint density at radius 2 is 1.85 bits per heavy atom. The molecule has 362 valence electrons. The SMILES string of the molecule is C=C(C)[C@@H](C(=O)N[C@H]1Cc2cc(O)cc(c2)-c2ccc3c(c2)c(c(-c2cnccc2COC)n3CC)CC(C)(C)COC(=O)[C@@H]2CCCN(N2)C1=O)N(C)C(=O)CN(C)C(=O)[C@@H]1CN1C(=O)OC. The van der Waals surface area contributed by atoms with Crippen LogP contribution in [0.15, 0.2) is 67.0 Å². The Bertz CT molecular complexity index is 2640. The van der Waals surface area contributed by atoms with Crippen LogP contribution >= 0.6 is 0 Å². The number of rotatable bonds is 11. The van der Waals surface area contributed by atoms with Crippen molar-refractivity contribution in [2.75, 3.05) is 54.6 Å². The fraction of sp³-hybridized carbons (Fsp3) is 0.460. The number of nitrogens with one attached hydrogen (secondary N) is 2. The normalized spacial score (nSPS) is 19.6. The number of hydrogen-bond acceptors (Lipinski definition) is 12. The summed E-state index contributed by atoms with van der Waals surface area (Å²) in [6, 6.07) is 9.02. The number of methoxy groups -OCH3 is 2. The van der Waals surface area contributed by atoms with Crippen LogP contribution in [-0.2, 0) is 64.2 Å². The highest BCUT2D eigenvalue weighted by Crippen LogP contribution is 2.41. The average Bonchev–Trinajstić information content (AvgIpc) is 4.06. The zero-order valence-corrected chi connectivity index (χ0v) is 40.1. The molecule has 0 radical (unpaired) electrons. The van der Waals surface area contributed by atoms with Crippen LogP contribution < -0.4 is 10.7 Å². The third kappa shape index (κ3) is 10.4. The Morgan fingerprint density at radius 1 is 1.09 bits per heavy atom. The number of pyridine rings is 1. The summed E-state index contributed by atoms with van der Waals surface area (Å²) in [5, 5.41) is 16.5. The van der Waals surface area contributed by atoms with E-state index in [9.17, 15) is 33.9 Å². The van der Waals surface area contributed by atoms with E-state index in [1.54, 1.807) is 26.3 Å². The molecule has 2 aromatic carbocycles. The third-order valence-electron chi connectivity index (χ3n) is 12.9. The van der Waals surface area contributed by atoms with E-state index in [-0.39, 0.29) is 37.4 Å². The standard InChI is InChI=1S/C50H62N8O10/c1-10-56-40-14-13-31-22-35(40)36(44(56)37-24-51-16-15-32(37)27-66-8)23-50(4,5)28-68-48(64)38-12-11-17-58(53-38)46(62)39(20-30-18-33(31)21-34(59)19-30)52-45(61)43(29(2)3)55(7)42(60)26-54(6)47(63)41-25-57(41)49(65)67-9/h13-16,18-19,21-22,24,38-39,41,43,53,59H,2,10-12,17,20,23,25-28H2,1,3-9H3,(H,52,61)/t38-,39-,41-,43-,57?/m0/s1. The minimum atomic E-state index is -1.27. The number of hydrogen-bond donors (Lipinski definition) is 3. The van der Waals surface area contributed by atoms with Gasteiger partial charge in [-0.25, -0.2) is 10.2 Å². The molecule has 68 heavy (non-hydrogen) atoms. The van der Waals surface area contributed by atoms with Gasteiger partial charge < -0.3 is 39.0 Å². The zero-order chi connectivity index (χ0) is 49.2. The fourth-order valence-electron chi connectivity index (χ4n) is 9.37. The summed E-state index contributed by atoms with van der Waals surface area (Å²) in [5.74, 6) is -2.90. The van der Waals surface area contributed by atoms with E-state index in [4.69, 9.17) is 14.2 Å². The molecule has 2 aromatic heterocycles. The molecule has 3 N–H and O–H groups in total. The number of carbonyl (C=O) groups excluding carboxylic acids is 6. The summed E-state index contributed by atoms with van der Waals surface area (Å²) < 4.78 is 18.6. The van der Waals surface area contributed by atoms with Crippen LogP contribution in [0.5, 0.6) is 5.75 Å². The topological polar surface area (TPSA) is 205 Å². The predicted octanol–water partition coefficient (Wildman–Crippen LogP) is 4.20. The van der Waals surface area contributed by atoms with Gasteiger partial charge in [0, 0.05) is 75.0 Å². The fourth-order valence-corrected chi connectivity index (χ4v) is 9.37. The molecule has 0 spiro atoms. The molecule has 2 fully saturated rings. The quantitative estimate of drug-likeness (QED) is 0.110.